The molecule has 3 nitrogen and oxygen atoms in total. The molecule has 2 fully saturated rings. The summed E-state index contributed by atoms with van der Waals surface area (Å²) in [6, 6.07) is 0. The molecule has 2 aliphatic rings. The Morgan fingerprint density at radius 3 is 1.94 bits per heavy atom. The molecule has 2 rings (SSSR count). The van der Waals surface area contributed by atoms with Crippen molar-refractivity contribution in [3.63, 3.8) is 0 Å². The highest BCUT2D eigenvalue weighted by Crippen LogP contribution is 2.42. The second-order valence-electron chi connectivity index (χ2n) is 6.13. The molecular weight excluding hydrogens is 226 g/mol. The molecule has 0 aromatic carbocycles. The Kier molecular flexibility index (Phi) is 4.41. The van der Waals surface area contributed by atoms with Gasteiger partial charge in [-0.05, 0) is 37.0 Å². The van der Waals surface area contributed by atoms with Crippen molar-refractivity contribution in [1.29, 1.82) is 0 Å². The molecule has 2 saturated carbocycles. The standard InChI is InChI=1S/C15H25NO2/c1-11(17)16(12(2)18)10-15-8-7-14(15)9-13-5-3-4-6-13/h13-15H,3-10H2,1-2H3. The van der Waals surface area contributed by atoms with Crippen LogP contribution in [0.1, 0.15) is 58.8 Å². The predicted octanol–water partition coefficient (Wildman–Crippen LogP) is 2.99. The smallest absolute Gasteiger partial charge is 0.226 e. The number of hydrogen-bond donors (Lipinski definition) is 0. The second-order valence-corrected chi connectivity index (χ2v) is 6.13. The molecule has 0 heterocycles. The van der Waals surface area contributed by atoms with Gasteiger partial charge < -0.3 is 0 Å². The average molecular weight is 251 g/mol. The summed E-state index contributed by atoms with van der Waals surface area (Å²) in [5.74, 6) is 2.04. The lowest BCUT2D eigenvalue weighted by Crippen LogP contribution is -2.43. The molecular formula is C15H25NO2. The molecule has 0 radical (unpaired) electrons. The topological polar surface area (TPSA) is 37.4 Å². The number of amides is 2. The molecule has 2 atom stereocenters. The number of imide groups is 1. The number of rotatable bonds is 4. The lowest BCUT2D eigenvalue weighted by atomic mass is 9.69. The second kappa shape index (κ2) is 5.85. The van der Waals surface area contributed by atoms with Gasteiger partial charge in [0, 0.05) is 20.4 Å². The minimum atomic E-state index is -0.103. The molecule has 0 aromatic rings. The van der Waals surface area contributed by atoms with Gasteiger partial charge in [-0.25, -0.2) is 0 Å². The average Bonchev–Trinajstić information content (AvgIpc) is 2.76. The summed E-state index contributed by atoms with van der Waals surface area (Å²) in [6.45, 7) is 3.64. The molecule has 18 heavy (non-hydrogen) atoms. The highest BCUT2D eigenvalue weighted by Gasteiger charge is 2.35. The summed E-state index contributed by atoms with van der Waals surface area (Å²) in [5.41, 5.74) is 0. The van der Waals surface area contributed by atoms with E-state index in [0.29, 0.717) is 12.5 Å². The first-order valence-electron chi connectivity index (χ1n) is 7.36. The maximum Gasteiger partial charge on any atom is 0.226 e. The van der Waals surface area contributed by atoms with E-state index < -0.39 is 0 Å². The summed E-state index contributed by atoms with van der Waals surface area (Å²) in [6.07, 6.45) is 9.40. The first-order valence-corrected chi connectivity index (χ1v) is 7.36. The van der Waals surface area contributed by atoms with Crippen molar-refractivity contribution in [2.75, 3.05) is 6.54 Å². The van der Waals surface area contributed by atoms with Crippen LogP contribution in [0.4, 0.5) is 0 Å². The van der Waals surface area contributed by atoms with E-state index in [0.717, 1.165) is 11.8 Å². The molecule has 102 valence electrons. The molecule has 2 amide bonds. The van der Waals surface area contributed by atoms with Gasteiger partial charge in [0.2, 0.25) is 11.8 Å². The third kappa shape index (κ3) is 3.12. The zero-order valence-electron chi connectivity index (χ0n) is 11.7. The van der Waals surface area contributed by atoms with Crippen LogP contribution in [0, 0.1) is 17.8 Å². The zero-order valence-corrected chi connectivity index (χ0v) is 11.7. The van der Waals surface area contributed by atoms with Crippen LogP contribution in [0.15, 0.2) is 0 Å². The van der Waals surface area contributed by atoms with E-state index in [9.17, 15) is 9.59 Å². The van der Waals surface area contributed by atoms with E-state index in [1.807, 2.05) is 0 Å². The summed E-state index contributed by atoms with van der Waals surface area (Å²) >= 11 is 0. The van der Waals surface area contributed by atoms with Crippen molar-refractivity contribution in [3.8, 4) is 0 Å². The van der Waals surface area contributed by atoms with Gasteiger partial charge in [0.15, 0.2) is 0 Å². The fraction of sp³-hybridized carbons (Fsp3) is 0.867. The quantitative estimate of drug-likeness (QED) is 0.770. The van der Waals surface area contributed by atoms with E-state index in [1.165, 1.54) is 63.7 Å². The minimum Gasteiger partial charge on any atom is -0.283 e. The summed E-state index contributed by atoms with van der Waals surface area (Å²) in [7, 11) is 0. The zero-order chi connectivity index (χ0) is 13.1. The maximum atomic E-state index is 11.4. The molecule has 0 bridgehead atoms. The van der Waals surface area contributed by atoms with Crippen LogP contribution in [-0.2, 0) is 9.59 Å². The Morgan fingerprint density at radius 1 is 0.944 bits per heavy atom. The van der Waals surface area contributed by atoms with Crippen molar-refractivity contribution in [2.24, 2.45) is 17.8 Å². The molecule has 0 spiro atoms. The van der Waals surface area contributed by atoms with Crippen LogP contribution in [0.2, 0.25) is 0 Å². The molecule has 2 aliphatic carbocycles. The summed E-state index contributed by atoms with van der Waals surface area (Å²) < 4.78 is 0. The molecule has 3 heteroatoms. The Bertz CT molecular complexity index is 306. The van der Waals surface area contributed by atoms with Gasteiger partial charge >= 0.3 is 0 Å². The van der Waals surface area contributed by atoms with Gasteiger partial charge in [0.1, 0.15) is 0 Å². The van der Waals surface area contributed by atoms with Crippen molar-refractivity contribution < 1.29 is 9.59 Å². The van der Waals surface area contributed by atoms with Crippen LogP contribution in [0.5, 0.6) is 0 Å². The van der Waals surface area contributed by atoms with Crippen LogP contribution in [0.3, 0.4) is 0 Å². The van der Waals surface area contributed by atoms with E-state index in [2.05, 4.69) is 0 Å². The van der Waals surface area contributed by atoms with Gasteiger partial charge in [-0.15, -0.1) is 0 Å². The fourth-order valence-electron chi connectivity index (χ4n) is 3.58. The third-order valence-corrected chi connectivity index (χ3v) is 4.86. The first kappa shape index (κ1) is 13.6. The van der Waals surface area contributed by atoms with Gasteiger partial charge in [0.25, 0.3) is 0 Å². The summed E-state index contributed by atoms with van der Waals surface area (Å²) in [4.78, 5) is 24.3. The Labute approximate surface area is 110 Å². The van der Waals surface area contributed by atoms with E-state index >= 15 is 0 Å². The van der Waals surface area contributed by atoms with E-state index in [-0.39, 0.29) is 11.8 Å². The third-order valence-electron chi connectivity index (χ3n) is 4.86. The van der Waals surface area contributed by atoms with Crippen molar-refractivity contribution in [3.05, 3.63) is 0 Å². The molecule has 2 unspecified atom stereocenters. The SMILES string of the molecule is CC(=O)N(CC1CCC1CC1CCCC1)C(C)=O. The van der Waals surface area contributed by atoms with E-state index in [4.69, 9.17) is 0 Å². The summed E-state index contributed by atoms with van der Waals surface area (Å²) in [5, 5.41) is 0. The first-order chi connectivity index (χ1) is 8.58. The Balaban J connectivity index is 1.81. The number of carbonyl (C=O) groups excluding carboxylic acids is 2. The maximum absolute atomic E-state index is 11.4. The monoisotopic (exact) mass is 251 g/mol. The van der Waals surface area contributed by atoms with Crippen molar-refractivity contribution >= 4 is 11.8 Å². The number of nitrogens with zero attached hydrogens (tertiary/aromatic N) is 1. The highest BCUT2D eigenvalue weighted by molar-refractivity contribution is 5.92. The largest absolute Gasteiger partial charge is 0.283 e. The molecule has 0 aliphatic heterocycles. The van der Waals surface area contributed by atoms with Crippen molar-refractivity contribution in [2.45, 2.75) is 58.8 Å². The fourth-order valence-corrected chi connectivity index (χ4v) is 3.58. The van der Waals surface area contributed by atoms with Gasteiger partial charge in [-0.2, -0.15) is 0 Å². The molecule has 0 N–H and O–H groups in total. The van der Waals surface area contributed by atoms with Crippen molar-refractivity contribution in [1.82, 2.24) is 4.90 Å². The van der Waals surface area contributed by atoms with Gasteiger partial charge in [-0.1, -0.05) is 25.7 Å². The minimum absolute atomic E-state index is 0.103. The van der Waals surface area contributed by atoms with Gasteiger partial charge in [0.05, 0.1) is 0 Å². The van der Waals surface area contributed by atoms with E-state index in [1.54, 1.807) is 0 Å². The van der Waals surface area contributed by atoms with Gasteiger partial charge in [-0.3, -0.25) is 14.5 Å². The number of carbonyl (C=O) groups is 2. The van der Waals surface area contributed by atoms with Crippen LogP contribution < -0.4 is 0 Å². The van der Waals surface area contributed by atoms with Crippen LogP contribution in [-0.4, -0.2) is 23.3 Å². The highest BCUT2D eigenvalue weighted by atomic mass is 16.2. The Morgan fingerprint density at radius 2 is 1.50 bits per heavy atom. The van der Waals surface area contributed by atoms with Crippen LogP contribution in [0.25, 0.3) is 0 Å². The normalized spacial score (nSPS) is 27.9. The number of hydrogen-bond acceptors (Lipinski definition) is 2. The molecule has 0 aromatic heterocycles. The molecule has 0 saturated heterocycles. The lowest BCUT2D eigenvalue weighted by Gasteiger charge is -2.40. The van der Waals surface area contributed by atoms with Crippen LogP contribution >= 0.6 is 0 Å². The predicted molar refractivity (Wildman–Crippen MR) is 70.9 cm³/mol. The Hall–Kier alpha value is -0.860. The lowest BCUT2D eigenvalue weighted by molar-refractivity contribution is -0.143.